The third-order valence-electron chi connectivity index (χ3n) is 9.95. The predicted molar refractivity (Wildman–Crippen MR) is 176 cm³/mol. The van der Waals surface area contributed by atoms with Gasteiger partial charge in [0.15, 0.2) is 11.5 Å². The van der Waals surface area contributed by atoms with Gasteiger partial charge in [0, 0.05) is 37.5 Å². The normalized spacial score (nSPS) is 23.7. The fourth-order valence-corrected chi connectivity index (χ4v) is 7.18. The van der Waals surface area contributed by atoms with Crippen molar-refractivity contribution in [1.82, 2.24) is 30.2 Å². The summed E-state index contributed by atoms with van der Waals surface area (Å²) in [4.78, 5) is 47.3. The first-order valence-electron chi connectivity index (χ1n) is 17.1. The molecule has 2 aliphatic heterocycles. The molecule has 46 heavy (non-hydrogen) atoms. The van der Waals surface area contributed by atoms with E-state index in [0.29, 0.717) is 50.8 Å². The first kappa shape index (κ1) is 32.0. The van der Waals surface area contributed by atoms with Gasteiger partial charge in [0.25, 0.3) is 0 Å². The number of carbonyl (C=O) groups excluding carboxylic acids is 2. The van der Waals surface area contributed by atoms with E-state index in [0.717, 1.165) is 87.0 Å². The third kappa shape index (κ3) is 7.37. The number of imidazole rings is 1. The predicted octanol–water partition coefficient (Wildman–Crippen LogP) is 4.37. The Morgan fingerprint density at radius 2 is 2.04 bits per heavy atom. The number of hydrogen-bond donors (Lipinski definition) is 3. The monoisotopic (exact) mass is 632 g/mol. The molecule has 0 radical (unpaired) electrons. The molecule has 2 aromatic rings. The number of nitrogens with two attached hydrogens (primary N) is 1. The van der Waals surface area contributed by atoms with Crippen molar-refractivity contribution in [2.24, 2.45) is 17.6 Å². The van der Waals surface area contributed by atoms with Crippen LogP contribution >= 0.6 is 0 Å². The van der Waals surface area contributed by atoms with Gasteiger partial charge in [-0.25, -0.2) is 19.7 Å². The van der Waals surface area contributed by atoms with Crippen LogP contribution in [0.15, 0.2) is 47.8 Å². The lowest BCUT2D eigenvalue weighted by Crippen LogP contribution is -2.51. The lowest BCUT2D eigenvalue weighted by molar-refractivity contribution is -0.133. The number of hydrogen-bond acceptors (Lipinski definition) is 9. The van der Waals surface area contributed by atoms with E-state index >= 15 is 0 Å². The summed E-state index contributed by atoms with van der Waals surface area (Å²) in [5.41, 5.74) is 9.63. The van der Waals surface area contributed by atoms with E-state index in [9.17, 15) is 9.59 Å². The molecule has 2 amide bonds. The summed E-state index contributed by atoms with van der Waals surface area (Å²) in [6, 6.07) is -0.476. The largest absolute Gasteiger partial charge is 0.495 e. The van der Waals surface area contributed by atoms with Gasteiger partial charge in [0.05, 0.1) is 19.0 Å². The van der Waals surface area contributed by atoms with Gasteiger partial charge in [-0.05, 0) is 75.8 Å². The number of rotatable bonds is 12. The van der Waals surface area contributed by atoms with Crippen LogP contribution < -0.4 is 16.0 Å². The number of carbonyl (C=O) groups is 2. The number of allylic oxidation sites excluding steroid dienone is 3. The standard InChI is InChI=1S/C34H48N8O4/c1-23-8-2-3-9-25(23)19-46-34(44)40-28(12-4-5-15-35)33(43)41-17-14-24-10-6-13-29(27(24)18-41)45-20-26-11-7-16-42(26)32-30-31(37-21-36-30)38-22-39-32/h3,9-10,21-23,25-26,28H,2,4-8,11-20,35H2,1H3,(H,40,44)(H,36,37,38,39). The average molecular weight is 633 g/mol. The molecule has 2 aliphatic carbocycles. The van der Waals surface area contributed by atoms with Crippen LogP contribution in [0.4, 0.5) is 10.6 Å². The molecule has 2 saturated heterocycles. The molecule has 2 aromatic heterocycles. The van der Waals surface area contributed by atoms with E-state index in [1.165, 1.54) is 5.57 Å². The second kappa shape index (κ2) is 15.1. The Hall–Kier alpha value is -3.93. The van der Waals surface area contributed by atoms with Crippen LogP contribution in [0.3, 0.4) is 0 Å². The van der Waals surface area contributed by atoms with E-state index in [-0.39, 0.29) is 17.9 Å². The van der Waals surface area contributed by atoms with Gasteiger partial charge in [0.2, 0.25) is 5.91 Å². The number of likely N-dealkylation sites (tertiary alicyclic amines) is 1. The van der Waals surface area contributed by atoms with Gasteiger partial charge in [-0.15, -0.1) is 0 Å². The zero-order valence-electron chi connectivity index (χ0n) is 27.0. The summed E-state index contributed by atoms with van der Waals surface area (Å²) in [5, 5.41) is 2.90. The first-order valence-corrected chi connectivity index (χ1v) is 17.1. The lowest BCUT2D eigenvalue weighted by atomic mass is 9.86. The Morgan fingerprint density at radius 3 is 2.91 bits per heavy atom. The van der Waals surface area contributed by atoms with Crippen LogP contribution in [0.25, 0.3) is 11.2 Å². The average Bonchev–Trinajstić information content (AvgIpc) is 3.76. The van der Waals surface area contributed by atoms with Gasteiger partial charge in [-0.1, -0.05) is 25.2 Å². The third-order valence-corrected chi connectivity index (χ3v) is 9.95. The van der Waals surface area contributed by atoms with Crippen molar-refractivity contribution in [3.63, 3.8) is 0 Å². The Labute approximate surface area is 270 Å². The second-order valence-corrected chi connectivity index (χ2v) is 13.0. The van der Waals surface area contributed by atoms with Crippen LogP contribution in [0.2, 0.25) is 0 Å². The maximum Gasteiger partial charge on any atom is 0.407 e. The van der Waals surface area contributed by atoms with Crippen LogP contribution in [-0.2, 0) is 14.3 Å². The fourth-order valence-electron chi connectivity index (χ4n) is 7.18. The topological polar surface area (TPSA) is 152 Å². The second-order valence-electron chi connectivity index (χ2n) is 13.0. The van der Waals surface area contributed by atoms with Crippen LogP contribution in [0, 0.1) is 11.8 Å². The molecule has 4 unspecified atom stereocenters. The molecule has 0 spiro atoms. The number of unbranched alkanes of at least 4 members (excludes halogenated alkanes) is 1. The molecule has 4 heterocycles. The number of anilines is 1. The van der Waals surface area contributed by atoms with Crippen molar-refractivity contribution < 1.29 is 19.1 Å². The highest BCUT2D eigenvalue weighted by Crippen LogP contribution is 2.34. The fraction of sp³-hybridized carbons (Fsp3) is 0.618. The van der Waals surface area contributed by atoms with E-state index < -0.39 is 12.1 Å². The van der Waals surface area contributed by atoms with Crippen molar-refractivity contribution >= 4 is 29.0 Å². The number of nitrogens with zero attached hydrogens (tertiary/aromatic N) is 5. The SMILES string of the molecule is CC1CCC=CC1COC(=O)NC(CCCCN)C(=O)N1CCC2=CCCC(OCC3CCCN3c3ncnc4nc[nH]c34)=C2C1. The highest BCUT2D eigenvalue weighted by Gasteiger charge is 2.34. The molecule has 2 fully saturated rings. The number of aromatic nitrogens is 4. The molecule has 0 saturated carbocycles. The minimum atomic E-state index is -0.656. The summed E-state index contributed by atoms with van der Waals surface area (Å²) >= 11 is 0. The van der Waals surface area contributed by atoms with Gasteiger partial charge < -0.3 is 35.3 Å². The number of nitrogens with one attached hydrogen (secondary N) is 2. The lowest BCUT2D eigenvalue weighted by Gasteiger charge is -2.36. The quantitative estimate of drug-likeness (QED) is 0.229. The number of alkyl carbamates (subject to hydrolysis) is 1. The summed E-state index contributed by atoms with van der Waals surface area (Å²) in [6.07, 6.45) is 18.1. The zero-order chi connectivity index (χ0) is 31.9. The smallest absolute Gasteiger partial charge is 0.407 e. The van der Waals surface area contributed by atoms with Crippen molar-refractivity contribution in [3.8, 4) is 0 Å². The van der Waals surface area contributed by atoms with Crippen LogP contribution in [0.1, 0.15) is 71.1 Å². The van der Waals surface area contributed by atoms with E-state index in [1.807, 2.05) is 4.90 Å². The van der Waals surface area contributed by atoms with Gasteiger partial charge in [0.1, 0.15) is 30.3 Å². The molecule has 4 atom stereocenters. The van der Waals surface area contributed by atoms with Gasteiger partial charge in [-0.3, -0.25) is 4.79 Å². The molecule has 12 nitrogen and oxygen atoms in total. The molecular formula is C34H48N8O4. The Morgan fingerprint density at radius 1 is 1.13 bits per heavy atom. The summed E-state index contributed by atoms with van der Waals surface area (Å²) in [7, 11) is 0. The minimum absolute atomic E-state index is 0.0781. The zero-order valence-corrected chi connectivity index (χ0v) is 27.0. The molecule has 6 rings (SSSR count). The van der Waals surface area contributed by atoms with Crippen molar-refractivity contribution in [1.29, 1.82) is 0 Å². The first-order chi connectivity index (χ1) is 22.5. The number of amides is 2. The van der Waals surface area contributed by atoms with E-state index in [2.05, 4.69) is 55.3 Å². The minimum Gasteiger partial charge on any atom is -0.495 e. The van der Waals surface area contributed by atoms with Gasteiger partial charge in [-0.2, -0.15) is 0 Å². The van der Waals surface area contributed by atoms with E-state index in [1.54, 1.807) is 12.7 Å². The Kier molecular flexibility index (Phi) is 10.5. The number of ether oxygens (including phenoxy) is 2. The molecule has 12 heteroatoms. The maximum absolute atomic E-state index is 13.9. The number of piperidine rings is 1. The van der Waals surface area contributed by atoms with Gasteiger partial charge >= 0.3 is 6.09 Å². The summed E-state index contributed by atoms with van der Waals surface area (Å²) in [6.45, 7) is 5.58. The van der Waals surface area contributed by atoms with Crippen LogP contribution in [-0.4, -0.2) is 88.3 Å². The molecular weight excluding hydrogens is 584 g/mol. The maximum atomic E-state index is 13.9. The molecule has 4 N–H and O–H groups in total. The van der Waals surface area contributed by atoms with E-state index in [4.69, 9.17) is 15.2 Å². The van der Waals surface area contributed by atoms with Crippen molar-refractivity contribution in [3.05, 3.63) is 47.8 Å². The molecule has 0 bridgehead atoms. The van der Waals surface area contributed by atoms with Crippen LogP contribution in [0.5, 0.6) is 0 Å². The molecule has 0 aromatic carbocycles. The van der Waals surface area contributed by atoms with Crippen molar-refractivity contribution in [2.45, 2.75) is 83.2 Å². The van der Waals surface area contributed by atoms with Crippen molar-refractivity contribution in [2.75, 3.05) is 44.3 Å². The molecule has 4 aliphatic rings. The highest BCUT2D eigenvalue weighted by atomic mass is 16.5. The highest BCUT2D eigenvalue weighted by molar-refractivity contribution is 5.86. The summed E-state index contributed by atoms with van der Waals surface area (Å²) in [5.74, 6) is 2.43. The summed E-state index contributed by atoms with van der Waals surface area (Å²) < 4.78 is 12.2. The Balaban J connectivity index is 1.10. The molecule has 248 valence electrons. The number of aromatic amines is 1. The number of H-pyrrole nitrogens is 1. The number of fused-ring (bicyclic) bond motifs is 2. The Bertz CT molecular complexity index is 1470.